The quantitative estimate of drug-likeness (QED) is 0.328. The Balaban J connectivity index is 1.64. The Morgan fingerprint density at radius 2 is 1.85 bits per heavy atom. The number of aryl methyl sites for hydroxylation is 1. The maximum atomic E-state index is 13.7. The highest BCUT2D eigenvalue weighted by atomic mass is 32.2. The number of anilines is 1. The van der Waals surface area contributed by atoms with Gasteiger partial charge >= 0.3 is 0 Å². The van der Waals surface area contributed by atoms with Crippen molar-refractivity contribution < 1.29 is 17.6 Å². The summed E-state index contributed by atoms with van der Waals surface area (Å²) >= 11 is 0. The van der Waals surface area contributed by atoms with Gasteiger partial charge in [-0.25, -0.2) is 13.4 Å². The van der Waals surface area contributed by atoms with E-state index in [2.05, 4.69) is 9.97 Å². The van der Waals surface area contributed by atoms with Crippen LogP contribution in [0.4, 0.5) is 5.69 Å². The van der Waals surface area contributed by atoms with Crippen LogP contribution in [0.25, 0.3) is 39.2 Å². The molecule has 11 heteroatoms. The first kappa shape index (κ1) is 24.7. The van der Waals surface area contributed by atoms with Gasteiger partial charge < -0.3 is 9.32 Å². The van der Waals surface area contributed by atoms with Crippen molar-refractivity contribution in [3.63, 3.8) is 0 Å². The van der Waals surface area contributed by atoms with E-state index in [0.29, 0.717) is 41.1 Å². The summed E-state index contributed by atoms with van der Waals surface area (Å²) in [5.41, 5.74) is 3.14. The van der Waals surface area contributed by atoms with Gasteiger partial charge in [-0.15, -0.1) is 0 Å². The SMILES string of the molecule is Cc1cc(-c2cnco2)cc(-c2nn(-c3cc(N4CCC(=O)C4)ccc3S(C)(=O)=O)c(=O)c3ncccc23)c1. The number of oxazole rings is 1. The van der Waals surface area contributed by atoms with Crippen LogP contribution in [0.3, 0.4) is 0 Å². The van der Waals surface area contributed by atoms with E-state index in [1.165, 1.54) is 18.7 Å². The average molecular weight is 542 g/mol. The molecule has 0 unspecified atom stereocenters. The summed E-state index contributed by atoms with van der Waals surface area (Å²) < 4.78 is 32.2. The van der Waals surface area contributed by atoms with Crippen LogP contribution < -0.4 is 10.5 Å². The molecule has 0 bridgehead atoms. The lowest BCUT2D eigenvalue weighted by Crippen LogP contribution is -2.26. The standard InChI is InChI=1S/C28H23N5O5S/c1-17-10-18(24-14-29-16-38-24)12-19(11-17)26-22-4-3-8-30-27(22)28(35)33(31-26)23-13-20(32-9-7-21(34)15-32)5-6-25(23)39(2,36)37/h3-6,8,10-14,16H,7,9,15H2,1-2H3. The van der Waals surface area contributed by atoms with Crippen molar-refractivity contribution in [1.29, 1.82) is 0 Å². The molecule has 4 heterocycles. The third-order valence-corrected chi connectivity index (χ3v) is 7.83. The van der Waals surface area contributed by atoms with Crippen molar-refractivity contribution in [2.45, 2.75) is 18.2 Å². The summed E-state index contributed by atoms with van der Waals surface area (Å²) in [6.07, 6.45) is 5.96. The van der Waals surface area contributed by atoms with Crippen molar-refractivity contribution in [3.05, 3.63) is 83.2 Å². The molecule has 0 amide bonds. The van der Waals surface area contributed by atoms with Gasteiger partial charge in [-0.1, -0.05) is 0 Å². The fourth-order valence-electron chi connectivity index (χ4n) is 4.90. The lowest BCUT2D eigenvalue weighted by Gasteiger charge is -2.20. The summed E-state index contributed by atoms with van der Waals surface area (Å²) in [5, 5.41) is 5.25. The zero-order valence-electron chi connectivity index (χ0n) is 21.2. The Bertz CT molecular complexity index is 1930. The Labute approximate surface area is 223 Å². The minimum Gasteiger partial charge on any atom is -0.444 e. The summed E-state index contributed by atoms with van der Waals surface area (Å²) in [4.78, 5) is 35.8. The van der Waals surface area contributed by atoms with E-state index in [-0.39, 0.29) is 28.4 Å². The number of hydrogen-bond donors (Lipinski definition) is 0. The summed E-state index contributed by atoms with van der Waals surface area (Å²) in [7, 11) is -3.75. The molecule has 0 atom stereocenters. The Kier molecular flexibility index (Phi) is 5.87. The van der Waals surface area contributed by atoms with Gasteiger partial charge in [0.15, 0.2) is 27.8 Å². The molecule has 39 heavy (non-hydrogen) atoms. The van der Waals surface area contributed by atoms with Crippen LogP contribution in [0.2, 0.25) is 0 Å². The number of sulfone groups is 1. The lowest BCUT2D eigenvalue weighted by molar-refractivity contribution is -0.116. The van der Waals surface area contributed by atoms with Crippen molar-refractivity contribution >= 4 is 32.2 Å². The summed E-state index contributed by atoms with van der Waals surface area (Å²) in [5.74, 6) is 0.668. The van der Waals surface area contributed by atoms with Crippen LogP contribution in [0.1, 0.15) is 12.0 Å². The molecule has 1 saturated heterocycles. The second-order valence-electron chi connectivity index (χ2n) is 9.55. The third kappa shape index (κ3) is 4.50. The van der Waals surface area contributed by atoms with Crippen LogP contribution in [-0.2, 0) is 14.6 Å². The Morgan fingerprint density at radius 3 is 2.56 bits per heavy atom. The number of carbonyl (C=O) groups is 1. The van der Waals surface area contributed by atoms with Crippen molar-refractivity contribution in [2.75, 3.05) is 24.2 Å². The van der Waals surface area contributed by atoms with Crippen LogP contribution in [0, 0.1) is 6.92 Å². The van der Waals surface area contributed by atoms with Gasteiger partial charge in [0.05, 0.1) is 23.3 Å². The van der Waals surface area contributed by atoms with E-state index in [4.69, 9.17) is 9.52 Å². The number of hydrogen-bond acceptors (Lipinski definition) is 9. The highest BCUT2D eigenvalue weighted by Crippen LogP contribution is 2.32. The van der Waals surface area contributed by atoms with E-state index >= 15 is 0 Å². The molecular weight excluding hydrogens is 518 g/mol. The maximum Gasteiger partial charge on any atom is 0.298 e. The van der Waals surface area contributed by atoms with Crippen LogP contribution in [0.5, 0.6) is 0 Å². The number of carbonyl (C=O) groups excluding carboxylic acids is 1. The van der Waals surface area contributed by atoms with E-state index in [9.17, 15) is 18.0 Å². The van der Waals surface area contributed by atoms with Crippen molar-refractivity contribution in [3.8, 4) is 28.3 Å². The predicted molar refractivity (Wildman–Crippen MR) is 146 cm³/mol. The number of rotatable bonds is 5. The van der Waals surface area contributed by atoms with Gasteiger partial charge in [0.2, 0.25) is 0 Å². The molecule has 5 aromatic rings. The number of ketones is 1. The second-order valence-corrected chi connectivity index (χ2v) is 11.5. The molecule has 0 spiro atoms. The molecular formula is C28H23N5O5S. The molecule has 3 aromatic heterocycles. The molecule has 6 rings (SSSR count). The first-order valence-electron chi connectivity index (χ1n) is 12.2. The number of fused-ring (bicyclic) bond motifs is 1. The monoisotopic (exact) mass is 541 g/mol. The van der Waals surface area contributed by atoms with E-state index in [0.717, 1.165) is 22.1 Å². The lowest BCUT2D eigenvalue weighted by atomic mass is 10.0. The fraction of sp³-hybridized carbons (Fsp3) is 0.179. The highest BCUT2D eigenvalue weighted by Gasteiger charge is 2.25. The maximum absolute atomic E-state index is 13.7. The van der Waals surface area contributed by atoms with Crippen LogP contribution in [0.15, 0.2) is 81.4 Å². The van der Waals surface area contributed by atoms with Gasteiger partial charge in [-0.2, -0.15) is 9.78 Å². The topological polar surface area (TPSA) is 128 Å². The Hall–Kier alpha value is -4.64. The molecule has 0 radical (unpaired) electrons. The Morgan fingerprint density at radius 1 is 1.03 bits per heavy atom. The van der Waals surface area contributed by atoms with Crippen LogP contribution in [-0.4, -0.2) is 53.3 Å². The van der Waals surface area contributed by atoms with Gasteiger partial charge in [0.25, 0.3) is 5.56 Å². The fourth-order valence-corrected chi connectivity index (χ4v) is 5.74. The average Bonchev–Trinajstić information content (AvgIpc) is 3.60. The first-order valence-corrected chi connectivity index (χ1v) is 14.1. The number of nitrogens with zero attached hydrogens (tertiary/aromatic N) is 5. The van der Waals surface area contributed by atoms with Crippen molar-refractivity contribution in [2.24, 2.45) is 0 Å². The van der Waals surface area contributed by atoms with E-state index < -0.39 is 15.4 Å². The molecule has 1 aliphatic heterocycles. The largest absolute Gasteiger partial charge is 0.444 e. The first-order chi connectivity index (χ1) is 18.7. The third-order valence-electron chi connectivity index (χ3n) is 6.69. The second kappa shape index (κ2) is 9.28. The molecule has 1 fully saturated rings. The van der Waals surface area contributed by atoms with E-state index in [1.807, 2.05) is 30.0 Å². The minimum atomic E-state index is -3.75. The molecule has 2 aromatic carbocycles. The molecule has 1 aliphatic rings. The van der Waals surface area contributed by atoms with Gasteiger partial charge in [-0.05, 0) is 61.0 Å². The van der Waals surface area contributed by atoms with E-state index in [1.54, 1.807) is 30.5 Å². The number of aromatic nitrogens is 4. The van der Waals surface area contributed by atoms with Gasteiger partial charge in [-0.3, -0.25) is 14.6 Å². The molecule has 196 valence electrons. The highest BCUT2D eigenvalue weighted by molar-refractivity contribution is 7.90. The normalized spacial score (nSPS) is 13.9. The zero-order valence-corrected chi connectivity index (χ0v) is 22.0. The summed E-state index contributed by atoms with van der Waals surface area (Å²) in [6, 6.07) is 13.9. The molecule has 0 aliphatic carbocycles. The smallest absolute Gasteiger partial charge is 0.298 e. The minimum absolute atomic E-state index is 0.0563. The van der Waals surface area contributed by atoms with Gasteiger partial charge in [0.1, 0.15) is 11.2 Å². The van der Waals surface area contributed by atoms with Crippen molar-refractivity contribution in [1.82, 2.24) is 19.7 Å². The number of benzene rings is 2. The molecule has 0 saturated carbocycles. The van der Waals surface area contributed by atoms with Crippen LogP contribution >= 0.6 is 0 Å². The zero-order chi connectivity index (χ0) is 27.3. The number of Topliss-reactive ketones (excluding diaryl/α,β-unsaturated/α-hetero) is 1. The van der Waals surface area contributed by atoms with Gasteiger partial charge in [0, 0.05) is 47.6 Å². The predicted octanol–water partition coefficient (Wildman–Crippen LogP) is 3.59. The number of pyridine rings is 1. The molecule has 10 nitrogen and oxygen atoms in total. The molecule has 0 N–H and O–H groups in total. The summed E-state index contributed by atoms with van der Waals surface area (Å²) in [6.45, 7) is 2.66.